The lowest BCUT2D eigenvalue weighted by Gasteiger charge is -2.35. The Kier molecular flexibility index (Phi) is 4.55. The Morgan fingerprint density at radius 3 is 2.67 bits per heavy atom. The van der Waals surface area contributed by atoms with Crippen molar-refractivity contribution < 1.29 is 4.79 Å². The van der Waals surface area contributed by atoms with Gasteiger partial charge in [0.15, 0.2) is 0 Å². The minimum Gasteiger partial charge on any atom is -0.342 e. The fourth-order valence-electron chi connectivity index (χ4n) is 3.54. The topological polar surface area (TPSA) is 32.3 Å². The summed E-state index contributed by atoms with van der Waals surface area (Å²) < 4.78 is 0. The van der Waals surface area contributed by atoms with Crippen LogP contribution in [-0.4, -0.2) is 42.7 Å². The third-order valence-corrected chi connectivity index (χ3v) is 6.18. The van der Waals surface area contributed by atoms with Crippen LogP contribution in [0.25, 0.3) is 0 Å². The van der Waals surface area contributed by atoms with Crippen LogP contribution >= 0.6 is 11.8 Å². The molecule has 0 aromatic heterocycles. The molecule has 114 valence electrons. The maximum atomic E-state index is 12.9. The van der Waals surface area contributed by atoms with E-state index in [-0.39, 0.29) is 5.92 Å². The molecule has 1 amide bonds. The number of hydrogen-bond donors (Lipinski definition) is 1. The van der Waals surface area contributed by atoms with Gasteiger partial charge in [-0.15, -0.1) is 11.8 Å². The van der Waals surface area contributed by atoms with Crippen molar-refractivity contribution in [3.05, 3.63) is 29.8 Å². The molecular formula is C17H24N2OS. The van der Waals surface area contributed by atoms with Crippen LogP contribution in [0.5, 0.6) is 0 Å². The van der Waals surface area contributed by atoms with E-state index >= 15 is 0 Å². The summed E-state index contributed by atoms with van der Waals surface area (Å²) >= 11 is 1.81. The van der Waals surface area contributed by atoms with Crippen LogP contribution in [0.4, 0.5) is 0 Å². The second-order valence-electron chi connectivity index (χ2n) is 6.14. The van der Waals surface area contributed by atoms with Crippen molar-refractivity contribution in [3.8, 4) is 0 Å². The molecule has 2 aliphatic rings. The van der Waals surface area contributed by atoms with Gasteiger partial charge in [0.25, 0.3) is 0 Å². The number of nitrogens with zero attached hydrogens (tertiary/aromatic N) is 1. The van der Waals surface area contributed by atoms with Gasteiger partial charge in [0.05, 0.1) is 5.92 Å². The molecule has 1 atom stereocenters. The number of carbonyl (C=O) groups excluding carboxylic acids is 1. The molecule has 1 unspecified atom stereocenters. The van der Waals surface area contributed by atoms with Crippen molar-refractivity contribution in [2.24, 2.45) is 0 Å². The summed E-state index contributed by atoms with van der Waals surface area (Å²) in [5.41, 5.74) is 1.23. The molecule has 3 nitrogen and oxygen atoms in total. The molecule has 3 rings (SSSR count). The van der Waals surface area contributed by atoms with E-state index in [0.29, 0.717) is 18.0 Å². The molecule has 1 aliphatic carbocycles. The third kappa shape index (κ3) is 2.97. The van der Waals surface area contributed by atoms with Gasteiger partial charge in [-0.05, 0) is 44.4 Å². The maximum absolute atomic E-state index is 12.9. The minimum atomic E-state index is 0.0539. The van der Waals surface area contributed by atoms with Crippen LogP contribution in [0.2, 0.25) is 0 Å². The highest BCUT2D eigenvalue weighted by atomic mass is 32.2. The summed E-state index contributed by atoms with van der Waals surface area (Å²) in [4.78, 5) is 16.2. The first kappa shape index (κ1) is 14.9. The highest BCUT2D eigenvalue weighted by molar-refractivity contribution is 7.99. The van der Waals surface area contributed by atoms with Crippen molar-refractivity contribution in [1.29, 1.82) is 0 Å². The zero-order valence-corrected chi connectivity index (χ0v) is 13.7. The highest BCUT2D eigenvalue weighted by Gasteiger charge is 2.34. The van der Waals surface area contributed by atoms with Gasteiger partial charge >= 0.3 is 0 Å². The predicted molar refractivity (Wildman–Crippen MR) is 87.8 cm³/mol. The first-order chi connectivity index (χ1) is 10.2. The van der Waals surface area contributed by atoms with E-state index in [0.717, 1.165) is 18.6 Å². The van der Waals surface area contributed by atoms with Gasteiger partial charge < -0.3 is 10.2 Å². The average Bonchev–Trinajstić information content (AvgIpc) is 2.97. The molecule has 1 aromatic rings. The van der Waals surface area contributed by atoms with Crippen LogP contribution in [0.15, 0.2) is 29.2 Å². The summed E-state index contributed by atoms with van der Waals surface area (Å²) in [5, 5.41) is 3.35. The van der Waals surface area contributed by atoms with Crippen molar-refractivity contribution >= 4 is 17.7 Å². The molecule has 21 heavy (non-hydrogen) atoms. The second kappa shape index (κ2) is 6.41. The summed E-state index contributed by atoms with van der Waals surface area (Å²) in [6.45, 7) is 0. The van der Waals surface area contributed by atoms with Crippen LogP contribution in [-0.2, 0) is 4.79 Å². The lowest BCUT2D eigenvalue weighted by Crippen LogP contribution is -2.44. The second-order valence-corrected chi connectivity index (χ2v) is 7.21. The van der Waals surface area contributed by atoms with Crippen LogP contribution in [0.3, 0.4) is 0 Å². The summed E-state index contributed by atoms with van der Waals surface area (Å²) in [7, 11) is 4.03. The molecule has 4 heteroatoms. The third-order valence-electron chi connectivity index (χ3n) is 5.00. The molecule has 1 saturated carbocycles. The van der Waals surface area contributed by atoms with E-state index in [4.69, 9.17) is 0 Å². The number of fused-ring (bicyclic) bond motifs is 1. The first-order valence-electron chi connectivity index (χ1n) is 7.86. The lowest BCUT2D eigenvalue weighted by atomic mass is 9.89. The SMILES string of the molecule is CNC1CCC(N(C)C(=O)C2CSc3ccccc32)CC1. The largest absolute Gasteiger partial charge is 0.342 e. The Hall–Kier alpha value is -1.00. The van der Waals surface area contributed by atoms with Gasteiger partial charge in [0, 0.05) is 29.8 Å². The average molecular weight is 304 g/mol. The smallest absolute Gasteiger partial charge is 0.230 e. The zero-order valence-electron chi connectivity index (χ0n) is 12.8. The molecule has 1 N–H and O–H groups in total. The molecule has 1 aliphatic heterocycles. The number of hydrogen-bond acceptors (Lipinski definition) is 3. The Labute approximate surface area is 131 Å². The molecule has 1 aromatic carbocycles. The van der Waals surface area contributed by atoms with Crippen LogP contribution in [0.1, 0.15) is 37.2 Å². The van der Waals surface area contributed by atoms with E-state index in [2.05, 4.69) is 23.5 Å². The summed E-state index contributed by atoms with van der Waals surface area (Å²) in [5.74, 6) is 1.26. The predicted octanol–water partition coefficient (Wildman–Crippen LogP) is 2.86. The molecule has 0 spiro atoms. The van der Waals surface area contributed by atoms with Crippen LogP contribution in [0, 0.1) is 0 Å². The first-order valence-corrected chi connectivity index (χ1v) is 8.85. The number of amides is 1. The molecular weight excluding hydrogens is 280 g/mol. The zero-order chi connectivity index (χ0) is 14.8. The van der Waals surface area contributed by atoms with Gasteiger partial charge in [-0.2, -0.15) is 0 Å². The number of nitrogens with one attached hydrogen (secondary N) is 1. The van der Waals surface area contributed by atoms with Gasteiger partial charge in [0.2, 0.25) is 5.91 Å². The van der Waals surface area contributed by atoms with Gasteiger partial charge in [-0.25, -0.2) is 0 Å². The van der Waals surface area contributed by atoms with Crippen molar-refractivity contribution in [2.75, 3.05) is 19.8 Å². The summed E-state index contributed by atoms with van der Waals surface area (Å²) in [6.07, 6.45) is 4.59. The normalized spacial score (nSPS) is 28.2. The molecule has 0 saturated heterocycles. The van der Waals surface area contributed by atoms with E-state index in [1.807, 2.05) is 36.8 Å². The molecule has 0 radical (unpaired) electrons. The number of rotatable bonds is 3. The number of benzene rings is 1. The fraction of sp³-hybridized carbons (Fsp3) is 0.588. The monoisotopic (exact) mass is 304 g/mol. The Morgan fingerprint density at radius 2 is 1.95 bits per heavy atom. The number of thioether (sulfide) groups is 1. The highest BCUT2D eigenvalue weighted by Crippen LogP contribution is 2.40. The van der Waals surface area contributed by atoms with Crippen molar-refractivity contribution in [3.63, 3.8) is 0 Å². The molecule has 1 fully saturated rings. The Bertz CT molecular complexity index is 511. The standard InChI is InChI=1S/C17H24N2OS/c1-18-12-7-9-13(10-8-12)19(2)17(20)15-11-21-16-6-4-3-5-14(15)16/h3-6,12-13,15,18H,7-11H2,1-2H3. The Balaban J connectivity index is 1.66. The number of likely N-dealkylation sites (N-methyl/N-ethyl adjacent to an activating group) is 1. The number of carbonyl (C=O) groups is 1. The molecule has 0 bridgehead atoms. The Morgan fingerprint density at radius 1 is 1.24 bits per heavy atom. The minimum absolute atomic E-state index is 0.0539. The molecule has 1 heterocycles. The van der Waals surface area contributed by atoms with E-state index < -0.39 is 0 Å². The van der Waals surface area contributed by atoms with Crippen molar-refractivity contribution in [1.82, 2.24) is 10.2 Å². The van der Waals surface area contributed by atoms with Gasteiger partial charge in [-0.3, -0.25) is 4.79 Å². The van der Waals surface area contributed by atoms with Gasteiger partial charge in [0.1, 0.15) is 0 Å². The van der Waals surface area contributed by atoms with Crippen molar-refractivity contribution in [2.45, 2.75) is 48.6 Å². The van der Waals surface area contributed by atoms with Crippen LogP contribution < -0.4 is 5.32 Å². The fourth-order valence-corrected chi connectivity index (χ4v) is 4.76. The van der Waals surface area contributed by atoms with E-state index in [1.165, 1.54) is 23.3 Å². The van der Waals surface area contributed by atoms with Gasteiger partial charge in [-0.1, -0.05) is 18.2 Å². The van der Waals surface area contributed by atoms with E-state index in [1.54, 1.807) is 0 Å². The lowest BCUT2D eigenvalue weighted by molar-refractivity contribution is -0.133. The maximum Gasteiger partial charge on any atom is 0.230 e. The van der Waals surface area contributed by atoms with E-state index in [9.17, 15) is 4.79 Å². The quantitative estimate of drug-likeness (QED) is 0.932. The summed E-state index contributed by atoms with van der Waals surface area (Å²) in [6, 6.07) is 9.40.